The second kappa shape index (κ2) is 11.9. The number of hydrogen-bond acceptors (Lipinski definition) is 3. The lowest BCUT2D eigenvalue weighted by molar-refractivity contribution is 0.0424. The van der Waals surface area contributed by atoms with Crippen LogP contribution in [0.3, 0.4) is 0 Å². The Morgan fingerprint density at radius 2 is 2.00 bits per heavy atom. The third-order valence-electron chi connectivity index (χ3n) is 4.30. The molecule has 25 heavy (non-hydrogen) atoms. The Morgan fingerprint density at radius 3 is 2.68 bits per heavy atom. The van der Waals surface area contributed by atoms with Gasteiger partial charge in [-0.25, -0.2) is 0 Å². The highest BCUT2D eigenvalue weighted by molar-refractivity contribution is 5.79. The Bertz CT molecular complexity index is 496. The third-order valence-corrected chi connectivity index (χ3v) is 4.30. The minimum absolute atomic E-state index is 0.287. The molecule has 1 heterocycles. The predicted octanol–water partition coefficient (Wildman–Crippen LogP) is 2.54. The van der Waals surface area contributed by atoms with Gasteiger partial charge in [-0.2, -0.15) is 0 Å². The van der Waals surface area contributed by atoms with E-state index in [1.165, 1.54) is 11.1 Å². The van der Waals surface area contributed by atoms with Gasteiger partial charge in [0.2, 0.25) is 0 Å². The fourth-order valence-corrected chi connectivity index (χ4v) is 2.76. The number of nitrogens with one attached hydrogen (secondary N) is 2. The van der Waals surface area contributed by atoms with Crippen molar-refractivity contribution in [2.45, 2.75) is 45.6 Å². The maximum absolute atomic E-state index is 5.77. The molecule has 2 rings (SSSR count). The highest BCUT2D eigenvalue weighted by Crippen LogP contribution is 2.08. The van der Waals surface area contributed by atoms with Crippen molar-refractivity contribution in [3.8, 4) is 0 Å². The van der Waals surface area contributed by atoms with Crippen LogP contribution in [-0.2, 0) is 22.3 Å². The van der Waals surface area contributed by atoms with Gasteiger partial charge in [0.15, 0.2) is 5.96 Å². The van der Waals surface area contributed by atoms with Crippen LogP contribution in [-0.4, -0.2) is 51.5 Å². The third kappa shape index (κ3) is 7.88. The number of aliphatic imine (C=N–C) groups is 1. The van der Waals surface area contributed by atoms with Crippen molar-refractivity contribution in [1.29, 1.82) is 0 Å². The molecular weight excluding hydrogens is 314 g/mol. The largest absolute Gasteiger partial charge is 0.379 e. The van der Waals surface area contributed by atoms with Crippen molar-refractivity contribution in [1.82, 2.24) is 10.6 Å². The molecule has 0 spiro atoms. The molecule has 1 fully saturated rings. The standard InChI is InChI=1S/C20H33N3O2/c1-3-17-6-8-18(9-7-17)10-13-23-20(21-4-2)22-12-5-14-25-19-11-15-24-16-19/h6-9,19H,3-5,10-16H2,1-2H3,(H2,21,22,23). The van der Waals surface area contributed by atoms with Gasteiger partial charge in [-0.1, -0.05) is 31.2 Å². The van der Waals surface area contributed by atoms with Gasteiger partial charge in [-0.3, -0.25) is 4.99 Å². The van der Waals surface area contributed by atoms with Crippen molar-refractivity contribution in [2.75, 3.05) is 39.5 Å². The maximum Gasteiger partial charge on any atom is 0.191 e. The van der Waals surface area contributed by atoms with Crippen LogP contribution in [0.1, 0.15) is 37.8 Å². The van der Waals surface area contributed by atoms with Crippen LogP contribution in [0, 0.1) is 0 Å². The van der Waals surface area contributed by atoms with E-state index in [-0.39, 0.29) is 6.10 Å². The predicted molar refractivity (Wildman–Crippen MR) is 103 cm³/mol. The number of benzene rings is 1. The first-order valence-corrected chi connectivity index (χ1v) is 9.61. The Morgan fingerprint density at radius 1 is 1.20 bits per heavy atom. The first-order chi connectivity index (χ1) is 12.3. The number of nitrogens with zero attached hydrogens (tertiary/aromatic N) is 1. The van der Waals surface area contributed by atoms with E-state index in [1.807, 2.05) is 0 Å². The normalized spacial score (nSPS) is 17.7. The summed E-state index contributed by atoms with van der Waals surface area (Å²) < 4.78 is 11.1. The van der Waals surface area contributed by atoms with Gasteiger partial charge >= 0.3 is 0 Å². The van der Waals surface area contributed by atoms with E-state index in [9.17, 15) is 0 Å². The van der Waals surface area contributed by atoms with E-state index >= 15 is 0 Å². The molecule has 0 saturated carbocycles. The highest BCUT2D eigenvalue weighted by atomic mass is 16.5. The van der Waals surface area contributed by atoms with Gasteiger partial charge in [0.25, 0.3) is 0 Å². The molecule has 2 N–H and O–H groups in total. The monoisotopic (exact) mass is 347 g/mol. The molecule has 0 bridgehead atoms. The summed E-state index contributed by atoms with van der Waals surface area (Å²) in [4.78, 5) is 4.62. The average molecular weight is 348 g/mol. The molecule has 5 nitrogen and oxygen atoms in total. The van der Waals surface area contributed by atoms with Crippen molar-refractivity contribution in [3.05, 3.63) is 35.4 Å². The molecule has 1 aromatic carbocycles. The van der Waals surface area contributed by atoms with Gasteiger partial charge in [-0.05, 0) is 43.7 Å². The van der Waals surface area contributed by atoms with E-state index in [0.717, 1.165) is 71.1 Å². The molecule has 0 aliphatic carbocycles. The van der Waals surface area contributed by atoms with Crippen molar-refractivity contribution in [3.63, 3.8) is 0 Å². The quantitative estimate of drug-likeness (QED) is 0.388. The zero-order chi connectivity index (χ0) is 17.7. The topological polar surface area (TPSA) is 54.9 Å². The summed E-state index contributed by atoms with van der Waals surface area (Å²) >= 11 is 0. The summed E-state index contributed by atoms with van der Waals surface area (Å²) in [6, 6.07) is 8.86. The maximum atomic E-state index is 5.77. The molecule has 0 aromatic heterocycles. The van der Waals surface area contributed by atoms with Crippen molar-refractivity contribution < 1.29 is 9.47 Å². The summed E-state index contributed by atoms with van der Waals surface area (Å²) in [5.41, 5.74) is 2.74. The van der Waals surface area contributed by atoms with Crippen LogP contribution in [0.4, 0.5) is 0 Å². The molecule has 0 amide bonds. The Hall–Kier alpha value is -1.59. The van der Waals surface area contributed by atoms with E-state index in [4.69, 9.17) is 9.47 Å². The zero-order valence-corrected chi connectivity index (χ0v) is 15.7. The molecule has 1 unspecified atom stereocenters. The summed E-state index contributed by atoms with van der Waals surface area (Å²) in [6.45, 7) is 9.12. The zero-order valence-electron chi connectivity index (χ0n) is 15.7. The van der Waals surface area contributed by atoms with Crippen LogP contribution in [0.2, 0.25) is 0 Å². The molecule has 140 valence electrons. The lowest BCUT2D eigenvalue weighted by Gasteiger charge is -2.12. The molecule has 1 saturated heterocycles. The fourth-order valence-electron chi connectivity index (χ4n) is 2.76. The number of guanidine groups is 1. The van der Waals surface area contributed by atoms with Gasteiger partial charge < -0.3 is 20.1 Å². The lowest BCUT2D eigenvalue weighted by atomic mass is 10.1. The van der Waals surface area contributed by atoms with Crippen LogP contribution < -0.4 is 10.6 Å². The van der Waals surface area contributed by atoms with Crippen molar-refractivity contribution >= 4 is 5.96 Å². The minimum atomic E-state index is 0.287. The molecule has 1 aliphatic heterocycles. The Balaban J connectivity index is 1.63. The number of rotatable bonds is 10. The first-order valence-electron chi connectivity index (χ1n) is 9.61. The van der Waals surface area contributed by atoms with Gasteiger partial charge in [-0.15, -0.1) is 0 Å². The molecule has 5 heteroatoms. The number of ether oxygens (including phenoxy) is 2. The van der Waals surface area contributed by atoms with Crippen molar-refractivity contribution in [2.24, 2.45) is 4.99 Å². The van der Waals surface area contributed by atoms with Gasteiger partial charge in [0.05, 0.1) is 12.7 Å². The lowest BCUT2D eigenvalue weighted by Crippen LogP contribution is -2.38. The molecule has 1 aromatic rings. The summed E-state index contributed by atoms with van der Waals surface area (Å²) in [6.07, 6.45) is 4.33. The van der Waals surface area contributed by atoms with E-state index < -0.39 is 0 Å². The van der Waals surface area contributed by atoms with E-state index in [2.05, 4.69) is 53.7 Å². The summed E-state index contributed by atoms with van der Waals surface area (Å²) in [5, 5.41) is 6.71. The second-order valence-corrected chi connectivity index (χ2v) is 6.32. The van der Waals surface area contributed by atoms with Gasteiger partial charge in [0, 0.05) is 32.8 Å². The summed E-state index contributed by atoms with van der Waals surface area (Å²) in [7, 11) is 0. The number of aryl methyl sites for hydroxylation is 1. The molecule has 0 radical (unpaired) electrons. The Labute approximate surface area is 152 Å². The van der Waals surface area contributed by atoms with Gasteiger partial charge in [0.1, 0.15) is 0 Å². The molecule has 1 aliphatic rings. The fraction of sp³-hybridized carbons (Fsp3) is 0.650. The van der Waals surface area contributed by atoms with E-state index in [0.29, 0.717) is 0 Å². The van der Waals surface area contributed by atoms with Crippen LogP contribution in [0.25, 0.3) is 0 Å². The number of hydrogen-bond donors (Lipinski definition) is 2. The second-order valence-electron chi connectivity index (χ2n) is 6.32. The van der Waals surface area contributed by atoms with Crippen LogP contribution in [0.5, 0.6) is 0 Å². The average Bonchev–Trinajstić information content (AvgIpc) is 3.15. The minimum Gasteiger partial charge on any atom is -0.379 e. The molecular formula is C20H33N3O2. The smallest absolute Gasteiger partial charge is 0.191 e. The van der Waals surface area contributed by atoms with Crippen LogP contribution >= 0.6 is 0 Å². The summed E-state index contributed by atoms with van der Waals surface area (Å²) in [5.74, 6) is 0.886. The van der Waals surface area contributed by atoms with E-state index in [1.54, 1.807) is 0 Å². The SMILES string of the molecule is CCNC(=NCCCOC1CCOC1)NCCc1ccc(CC)cc1. The molecule has 1 atom stereocenters. The van der Waals surface area contributed by atoms with Crippen LogP contribution in [0.15, 0.2) is 29.3 Å². The highest BCUT2D eigenvalue weighted by Gasteiger charge is 2.15. The Kier molecular flexibility index (Phi) is 9.37. The first kappa shape index (κ1) is 19.7.